The minimum Gasteiger partial charge on any atom is -0.332 e. The first-order valence-corrected chi connectivity index (χ1v) is 8.86. The van der Waals surface area contributed by atoms with E-state index in [9.17, 15) is 18.0 Å². The zero-order valence-corrected chi connectivity index (χ0v) is 16.0. The summed E-state index contributed by atoms with van der Waals surface area (Å²) in [6.45, 7) is 1.61. The summed E-state index contributed by atoms with van der Waals surface area (Å²) < 4.78 is 39.8. The number of Topliss-reactive ketones (excluding diaryl/α,β-unsaturated/α-hetero) is 1. The van der Waals surface area contributed by atoms with Gasteiger partial charge in [-0.2, -0.15) is 13.2 Å². The maximum absolute atomic E-state index is 12.8. The number of rotatable bonds is 5. The third-order valence-corrected chi connectivity index (χ3v) is 4.11. The van der Waals surface area contributed by atoms with Gasteiger partial charge in [0.25, 0.3) is 0 Å². The Balaban J connectivity index is 1.60. The lowest BCUT2D eigenvalue weighted by molar-refractivity contribution is -0.137. The van der Waals surface area contributed by atoms with Crippen molar-refractivity contribution in [2.24, 2.45) is 0 Å². The van der Waals surface area contributed by atoms with Gasteiger partial charge < -0.3 is 5.32 Å². The predicted molar refractivity (Wildman–Crippen MR) is 107 cm³/mol. The van der Waals surface area contributed by atoms with Crippen LogP contribution in [0.25, 0.3) is 0 Å². The van der Waals surface area contributed by atoms with Crippen molar-refractivity contribution in [3.63, 3.8) is 0 Å². The monoisotopic (exact) mass is 419 g/mol. The number of benzene rings is 2. The summed E-state index contributed by atoms with van der Waals surface area (Å²) in [5.74, 6) is 0.169. The van der Waals surface area contributed by atoms with Crippen LogP contribution >= 0.6 is 12.2 Å². The van der Waals surface area contributed by atoms with Crippen molar-refractivity contribution in [1.82, 2.24) is 14.8 Å². The zero-order valence-electron chi connectivity index (χ0n) is 15.2. The highest BCUT2D eigenvalue weighted by atomic mass is 32.1. The maximum Gasteiger partial charge on any atom is 0.416 e. The van der Waals surface area contributed by atoms with Gasteiger partial charge in [0.05, 0.1) is 12.1 Å². The average molecular weight is 419 g/mol. The van der Waals surface area contributed by atoms with Gasteiger partial charge >= 0.3 is 6.18 Å². The van der Waals surface area contributed by atoms with Gasteiger partial charge in [0.2, 0.25) is 5.95 Å². The number of anilines is 2. The fraction of sp³-hybridized carbons (Fsp3) is 0.158. The molecular weight excluding hydrogens is 403 g/mol. The standard InChI is InChI=1S/C19H16F3N5OS/c1-12(28)14-5-7-16(8-6-14)24-18(29)25-17-23-11-27(26-17)10-13-3-2-4-15(9-13)19(20,21)22/h2-9,11H,10H2,1H3,(H2,24,25,26,29). The summed E-state index contributed by atoms with van der Waals surface area (Å²) >= 11 is 5.20. The molecule has 0 saturated heterocycles. The summed E-state index contributed by atoms with van der Waals surface area (Å²) in [6, 6.07) is 11.8. The Labute approximate surface area is 169 Å². The van der Waals surface area contributed by atoms with Crippen LogP contribution in [0.3, 0.4) is 0 Å². The molecule has 3 rings (SSSR count). The van der Waals surface area contributed by atoms with Crippen molar-refractivity contribution in [3.8, 4) is 0 Å². The number of nitrogens with zero attached hydrogens (tertiary/aromatic N) is 3. The number of ketones is 1. The predicted octanol–water partition coefficient (Wildman–Crippen LogP) is 4.36. The SMILES string of the molecule is CC(=O)c1ccc(NC(=S)Nc2ncn(Cc3cccc(C(F)(F)F)c3)n2)cc1. The maximum atomic E-state index is 12.8. The fourth-order valence-electron chi connectivity index (χ4n) is 2.51. The Hall–Kier alpha value is -3.27. The van der Waals surface area contributed by atoms with Crippen LogP contribution < -0.4 is 10.6 Å². The lowest BCUT2D eigenvalue weighted by Gasteiger charge is -2.09. The smallest absolute Gasteiger partial charge is 0.332 e. The van der Waals surface area contributed by atoms with Crippen LogP contribution in [0.5, 0.6) is 0 Å². The molecule has 6 nitrogen and oxygen atoms in total. The van der Waals surface area contributed by atoms with Crippen molar-refractivity contribution in [2.45, 2.75) is 19.6 Å². The molecule has 0 radical (unpaired) electrons. The molecule has 0 saturated carbocycles. The van der Waals surface area contributed by atoms with E-state index in [1.807, 2.05) is 0 Å². The molecule has 29 heavy (non-hydrogen) atoms. The van der Waals surface area contributed by atoms with Gasteiger partial charge in [0, 0.05) is 11.3 Å². The fourth-order valence-corrected chi connectivity index (χ4v) is 2.72. The highest BCUT2D eigenvalue weighted by Gasteiger charge is 2.30. The van der Waals surface area contributed by atoms with Crippen molar-refractivity contribution in [2.75, 3.05) is 10.6 Å². The van der Waals surface area contributed by atoms with Crippen LogP contribution in [-0.4, -0.2) is 25.7 Å². The molecule has 0 spiro atoms. The molecule has 1 heterocycles. The quantitative estimate of drug-likeness (QED) is 0.473. The van der Waals surface area contributed by atoms with E-state index < -0.39 is 11.7 Å². The summed E-state index contributed by atoms with van der Waals surface area (Å²) in [6.07, 6.45) is -3.00. The highest BCUT2D eigenvalue weighted by Crippen LogP contribution is 2.29. The Bertz CT molecular complexity index is 1030. The Kier molecular flexibility index (Phi) is 5.92. The number of hydrogen-bond acceptors (Lipinski definition) is 4. The number of carbonyl (C=O) groups is 1. The number of aromatic nitrogens is 3. The molecule has 0 aliphatic carbocycles. The van der Waals surface area contributed by atoms with E-state index in [0.29, 0.717) is 16.8 Å². The van der Waals surface area contributed by atoms with E-state index in [-0.39, 0.29) is 23.4 Å². The largest absolute Gasteiger partial charge is 0.416 e. The average Bonchev–Trinajstić information content (AvgIpc) is 3.08. The van der Waals surface area contributed by atoms with E-state index in [0.717, 1.165) is 12.1 Å². The van der Waals surface area contributed by atoms with E-state index in [1.54, 1.807) is 30.3 Å². The minimum atomic E-state index is -4.40. The molecule has 2 N–H and O–H groups in total. The Morgan fingerprint density at radius 3 is 2.52 bits per heavy atom. The van der Waals surface area contributed by atoms with Crippen LogP contribution in [0.4, 0.5) is 24.8 Å². The third kappa shape index (κ3) is 5.61. The number of thiocarbonyl (C=S) groups is 1. The summed E-state index contributed by atoms with van der Waals surface area (Å²) in [5.41, 5.74) is 0.998. The number of nitrogens with one attached hydrogen (secondary N) is 2. The molecular formula is C19H16F3N5OS. The molecule has 0 fully saturated rings. The van der Waals surface area contributed by atoms with Gasteiger partial charge in [0.15, 0.2) is 10.9 Å². The van der Waals surface area contributed by atoms with E-state index in [2.05, 4.69) is 20.7 Å². The van der Waals surface area contributed by atoms with Gasteiger partial charge in [-0.3, -0.25) is 10.1 Å². The molecule has 2 aromatic carbocycles. The number of alkyl halides is 3. The van der Waals surface area contributed by atoms with Crippen LogP contribution in [0, 0.1) is 0 Å². The van der Waals surface area contributed by atoms with Crippen molar-refractivity contribution < 1.29 is 18.0 Å². The molecule has 150 valence electrons. The Morgan fingerprint density at radius 1 is 1.14 bits per heavy atom. The van der Waals surface area contributed by atoms with Crippen molar-refractivity contribution >= 4 is 34.7 Å². The molecule has 0 aliphatic heterocycles. The normalized spacial score (nSPS) is 11.2. The molecule has 0 aliphatic rings. The van der Waals surface area contributed by atoms with Crippen LogP contribution in [-0.2, 0) is 12.7 Å². The second kappa shape index (κ2) is 8.39. The molecule has 3 aromatic rings. The number of hydrogen-bond donors (Lipinski definition) is 2. The van der Waals surface area contributed by atoms with E-state index in [4.69, 9.17) is 12.2 Å². The lowest BCUT2D eigenvalue weighted by atomic mass is 10.1. The van der Waals surface area contributed by atoms with Crippen molar-refractivity contribution in [1.29, 1.82) is 0 Å². The lowest BCUT2D eigenvalue weighted by Crippen LogP contribution is -2.20. The molecule has 10 heteroatoms. The highest BCUT2D eigenvalue weighted by molar-refractivity contribution is 7.80. The van der Waals surface area contributed by atoms with Gasteiger partial charge in [-0.05, 0) is 61.1 Å². The first-order valence-electron chi connectivity index (χ1n) is 8.45. The number of halogens is 3. The zero-order chi connectivity index (χ0) is 21.0. The van der Waals surface area contributed by atoms with E-state index in [1.165, 1.54) is 24.0 Å². The van der Waals surface area contributed by atoms with Crippen LogP contribution in [0.2, 0.25) is 0 Å². The van der Waals surface area contributed by atoms with Crippen LogP contribution in [0.1, 0.15) is 28.4 Å². The van der Waals surface area contributed by atoms with E-state index >= 15 is 0 Å². The second-order valence-corrected chi connectivity index (χ2v) is 6.58. The summed E-state index contributed by atoms with van der Waals surface area (Å²) in [4.78, 5) is 15.3. The molecule has 0 amide bonds. The van der Waals surface area contributed by atoms with Gasteiger partial charge in [0.1, 0.15) is 6.33 Å². The molecule has 0 atom stereocenters. The third-order valence-electron chi connectivity index (χ3n) is 3.91. The summed E-state index contributed by atoms with van der Waals surface area (Å²) in [7, 11) is 0. The second-order valence-electron chi connectivity index (χ2n) is 6.18. The topological polar surface area (TPSA) is 71.8 Å². The Morgan fingerprint density at radius 2 is 1.86 bits per heavy atom. The van der Waals surface area contributed by atoms with Gasteiger partial charge in [-0.25, -0.2) is 9.67 Å². The minimum absolute atomic E-state index is 0.0345. The molecule has 0 unspecified atom stereocenters. The summed E-state index contributed by atoms with van der Waals surface area (Å²) in [5, 5.41) is 10.1. The first kappa shape index (κ1) is 20.5. The van der Waals surface area contributed by atoms with Crippen LogP contribution in [0.15, 0.2) is 54.9 Å². The molecule has 1 aromatic heterocycles. The van der Waals surface area contributed by atoms with Gasteiger partial charge in [-0.15, -0.1) is 5.10 Å². The first-order chi connectivity index (χ1) is 13.7. The van der Waals surface area contributed by atoms with Gasteiger partial charge in [-0.1, -0.05) is 12.1 Å². The number of carbonyl (C=O) groups excluding carboxylic acids is 1. The molecule has 0 bridgehead atoms. The van der Waals surface area contributed by atoms with Crippen molar-refractivity contribution in [3.05, 3.63) is 71.5 Å².